The second-order valence-corrected chi connectivity index (χ2v) is 8.59. The maximum Gasteiger partial charge on any atom is 0.412 e. The maximum atomic E-state index is 13.9. The first-order valence-corrected chi connectivity index (χ1v) is 9.43. The molecule has 1 heterocycles. The molecule has 2 aromatic rings. The summed E-state index contributed by atoms with van der Waals surface area (Å²) in [6.07, 6.45) is 2.06. The molecule has 0 bridgehead atoms. The van der Waals surface area contributed by atoms with E-state index in [1.807, 2.05) is 0 Å². The van der Waals surface area contributed by atoms with Crippen molar-refractivity contribution in [2.45, 2.75) is 52.6 Å². The zero-order valence-electron chi connectivity index (χ0n) is 15.4. The molecule has 0 spiro atoms. The molecule has 1 aliphatic carbocycles. The van der Waals surface area contributed by atoms with E-state index < -0.39 is 17.5 Å². The van der Waals surface area contributed by atoms with Crippen LogP contribution in [-0.4, -0.2) is 17.5 Å². The van der Waals surface area contributed by atoms with Gasteiger partial charge in [0.2, 0.25) is 0 Å². The van der Waals surface area contributed by atoms with E-state index in [0.29, 0.717) is 16.1 Å². The highest BCUT2D eigenvalue weighted by Gasteiger charge is 2.29. The summed E-state index contributed by atoms with van der Waals surface area (Å²) in [5, 5.41) is 3.20. The van der Waals surface area contributed by atoms with Crippen molar-refractivity contribution in [1.82, 2.24) is 0 Å². The molecule has 0 radical (unpaired) electrons. The molecule has 26 heavy (non-hydrogen) atoms. The maximum absolute atomic E-state index is 13.9. The summed E-state index contributed by atoms with van der Waals surface area (Å²) < 4.78 is 19.2. The largest absolute Gasteiger partial charge is 0.444 e. The first kappa shape index (κ1) is 18.6. The average molecular weight is 375 g/mol. The van der Waals surface area contributed by atoms with Crippen LogP contribution in [0.4, 0.5) is 14.2 Å². The van der Waals surface area contributed by atoms with E-state index in [1.54, 1.807) is 39.8 Å². The van der Waals surface area contributed by atoms with Crippen LogP contribution in [0.2, 0.25) is 0 Å². The van der Waals surface area contributed by atoms with Crippen molar-refractivity contribution in [2.75, 3.05) is 5.32 Å². The van der Waals surface area contributed by atoms with Crippen molar-refractivity contribution in [1.29, 1.82) is 0 Å². The highest BCUT2D eigenvalue weighted by molar-refractivity contribution is 7.17. The van der Waals surface area contributed by atoms with Crippen molar-refractivity contribution < 1.29 is 18.7 Å². The molecular weight excluding hydrogens is 353 g/mol. The smallest absolute Gasteiger partial charge is 0.412 e. The number of ketones is 1. The Hall–Kier alpha value is -2.21. The first-order valence-electron chi connectivity index (χ1n) is 8.61. The van der Waals surface area contributed by atoms with Gasteiger partial charge < -0.3 is 4.74 Å². The summed E-state index contributed by atoms with van der Waals surface area (Å²) in [6.45, 7) is 6.99. The van der Waals surface area contributed by atoms with Gasteiger partial charge >= 0.3 is 6.09 Å². The predicted molar refractivity (Wildman–Crippen MR) is 101 cm³/mol. The molecular formula is C20H22FNO3S. The number of carbonyl (C=O) groups is 2. The molecule has 3 rings (SSSR count). The molecule has 0 aliphatic heterocycles. The number of ether oxygens (including phenoxy) is 1. The Kier molecular flexibility index (Phi) is 4.88. The fourth-order valence-corrected chi connectivity index (χ4v) is 4.28. The van der Waals surface area contributed by atoms with Gasteiger partial charge in [-0.05, 0) is 64.2 Å². The lowest BCUT2D eigenvalue weighted by molar-refractivity contribution is 0.0636. The first-order chi connectivity index (χ1) is 12.2. The fraction of sp³-hybridized carbons (Fsp3) is 0.400. The van der Waals surface area contributed by atoms with Crippen LogP contribution in [0.3, 0.4) is 0 Å². The molecule has 6 heteroatoms. The van der Waals surface area contributed by atoms with Crippen molar-refractivity contribution in [3.63, 3.8) is 0 Å². The zero-order valence-corrected chi connectivity index (χ0v) is 16.2. The fourth-order valence-electron chi connectivity index (χ4n) is 3.01. The van der Waals surface area contributed by atoms with Crippen LogP contribution in [0.15, 0.2) is 18.2 Å². The zero-order chi connectivity index (χ0) is 19.1. The van der Waals surface area contributed by atoms with Crippen LogP contribution in [0.1, 0.15) is 59.1 Å². The molecule has 1 aromatic carbocycles. The van der Waals surface area contributed by atoms with E-state index in [-0.39, 0.29) is 11.3 Å². The monoisotopic (exact) mass is 375 g/mol. The van der Waals surface area contributed by atoms with E-state index in [2.05, 4.69) is 5.32 Å². The molecule has 0 atom stereocenters. The third-order valence-corrected chi connectivity index (χ3v) is 5.40. The Bertz CT molecular complexity index is 880. The molecule has 1 N–H and O–H groups in total. The van der Waals surface area contributed by atoms with Gasteiger partial charge in [0.05, 0.1) is 5.56 Å². The number of benzene rings is 1. The molecule has 0 unspecified atom stereocenters. The third kappa shape index (κ3) is 3.80. The van der Waals surface area contributed by atoms with E-state index in [4.69, 9.17) is 4.74 Å². The number of carbonyl (C=O) groups excluding carboxylic acids is 2. The van der Waals surface area contributed by atoms with Crippen molar-refractivity contribution in [2.24, 2.45) is 0 Å². The number of amides is 1. The SMILES string of the molecule is Cc1ccc(C(=O)c2c(NC(=O)OC(C)(C)C)sc3c2CCC3)cc1F. The number of thiophene rings is 1. The number of anilines is 1. The van der Waals surface area contributed by atoms with Gasteiger partial charge in [-0.3, -0.25) is 10.1 Å². The minimum Gasteiger partial charge on any atom is -0.444 e. The van der Waals surface area contributed by atoms with Crippen LogP contribution in [0.5, 0.6) is 0 Å². The van der Waals surface area contributed by atoms with Crippen molar-refractivity contribution in [3.8, 4) is 0 Å². The van der Waals surface area contributed by atoms with Gasteiger partial charge in [-0.15, -0.1) is 11.3 Å². The normalized spacial score (nSPS) is 13.4. The molecule has 0 saturated heterocycles. The number of aryl methyl sites for hydroxylation is 2. The van der Waals surface area contributed by atoms with E-state index in [9.17, 15) is 14.0 Å². The highest BCUT2D eigenvalue weighted by atomic mass is 32.1. The van der Waals surface area contributed by atoms with Gasteiger partial charge in [-0.2, -0.15) is 0 Å². The quantitative estimate of drug-likeness (QED) is 0.744. The summed E-state index contributed by atoms with van der Waals surface area (Å²) in [5.41, 5.74) is 1.58. The Morgan fingerprint density at radius 2 is 1.96 bits per heavy atom. The lowest BCUT2D eigenvalue weighted by Crippen LogP contribution is -2.27. The van der Waals surface area contributed by atoms with Crippen LogP contribution >= 0.6 is 11.3 Å². The predicted octanol–water partition coefficient (Wildman–Crippen LogP) is 5.26. The number of halogens is 1. The van der Waals surface area contributed by atoms with Crippen molar-refractivity contribution >= 4 is 28.2 Å². The summed E-state index contributed by atoms with van der Waals surface area (Å²) in [4.78, 5) is 26.3. The van der Waals surface area contributed by atoms with Gasteiger partial charge in [0, 0.05) is 10.4 Å². The van der Waals surface area contributed by atoms with E-state index in [1.165, 1.54) is 17.4 Å². The minimum atomic E-state index is -0.631. The number of hydrogen-bond donors (Lipinski definition) is 1. The Morgan fingerprint density at radius 1 is 1.23 bits per heavy atom. The Labute approximate surface area is 156 Å². The van der Waals surface area contributed by atoms with Gasteiger partial charge in [0.1, 0.15) is 16.4 Å². The van der Waals surface area contributed by atoms with Crippen LogP contribution in [0, 0.1) is 12.7 Å². The minimum absolute atomic E-state index is 0.269. The molecule has 0 fully saturated rings. The van der Waals surface area contributed by atoms with Crippen LogP contribution < -0.4 is 5.32 Å². The second-order valence-electron chi connectivity index (χ2n) is 7.48. The third-order valence-electron chi connectivity index (χ3n) is 4.20. The molecule has 4 nitrogen and oxygen atoms in total. The Balaban J connectivity index is 1.96. The average Bonchev–Trinajstić information content (AvgIpc) is 3.07. The molecule has 1 aromatic heterocycles. The lowest BCUT2D eigenvalue weighted by Gasteiger charge is -2.19. The molecule has 138 valence electrons. The van der Waals surface area contributed by atoms with Gasteiger partial charge in [0.25, 0.3) is 0 Å². The number of hydrogen-bond acceptors (Lipinski definition) is 4. The van der Waals surface area contributed by atoms with E-state index in [0.717, 1.165) is 29.7 Å². The Morgan fingerprint density at radius 3 is 2.62 bits per heavy atom. The topological polar surface area (TPSA) is 55.4 Å². The number of nitrogens with one attached hydrogen (secondary N) is 1. The molecule has 1 amide bonds. The summed E-state index contributed by atoms with van der Waals surface area (Å²) in [6, 6.07) is 4.47. The van der Waals surface area contributed by atoms with E-state index >= 15 is 0 Å². The standard InChI is InChI=1S/C20H22FNO3S/c1-11-8-9-12(10-14(11)21)17(23)16-13-6-5-7-15(13)26-18(16)22-19(24)25-20(2,3)4/h8-10H,5-7H2,1-4H3,(H,22,24). The number of fused-ring (bicyclic) bond motifs is 1. The van der Waals surface area contributed by atoms with Crippen molar-refractivity contribution in [3.05, 3.63) is 51.1 Å². The summed E-state index contributed by atoms with van der Waals surface area (Å²) in [5.74, 6) is -0.682. The van der Waals surface area contributed by atoms with Crippen LogP contribution in [0.25, 0.3) is 0 Å². The molecule has 1 aliphatic rings. The lowest BCUT2D eigenvalue weighted by atomic mass is 9.99. The number of rotatable bonds is 3. The van der Waals surface area contributed by atoms with Crippen LogP contribution in [-0.2, 0) is 17.6 Å². The van der Waals surface area contributed by atoms with Gasteiger partial charge in [-0.1, -0.05) is 12.1 Å². The second kappa shape index (κ2) is 6.83. The molecule has 0 saturated carbocycles. The highest BCUT2D eigenvalue weighted by Crippen LogP contribution is 2.40. The van der Waals surface area contributed by atoms with Gasteiger partial charge in [0.15, 0.2) is 5.78 Å². The summed E-state index contributed by atoms with van der Waals surface area (Å²) >= 11 is 1.41. The van der Waals surface area contributed by atoms with Gasteiger partial charge in [-0.25, -0.2) is 9.18 Å². The summed E-state index contributed by atoms with van der Waals surface area (Å²) in [7, 11) is 0.